The van der Waals surface area contributed by atoms with E-state index in [1.807, 2.05) is 0 Å². The van der Waals surface area contributed by atoms with Crippen molar-refractivity contribution in [3.63, 3.8) is 0 Å². The third-order valence-corrected chi connectivity index (χ3v) is 4.93. The number of amides is 2. The number of rotatable bonds is 3. The smallest absolute Gasteiger partial charge is 0.433 e. The van der Waals surface area contributed by atoms with Crippen LogP contribution in [0.3, 0.4) is 0 Å². The largest absolute Gasteiger partial charge is 0.450 e. The van der Waals surface area contributed by atoms with Crippen molar-refractivity contribution in [3.8, 4) is 0 Å². The zero-order chi connectivity index (χ0) is 22.9. The number of piperazine rings is 1. The molecule has 0 atom stereocenters. The second-order valence-corrected chi connectivity index (χ2v) is 6.87. The van der Waals surface area contributed by atoms with E-state index in [1.165, 1.54) is 16.8 Å². The van der Waals surface area contributed by atoms with Gasteiger partial charge in [0.05, 0.1) is 12.0 Å². The number of pyridine rings is 1. The Hall–Kier alpha value is -3.38. The Balaban J connectivity index is 1.84. The van der Waals surface area contributed by atoms with Gasteiger partial charge in [-0.25, -0.2) is 14.6 Å². The third-order valence-electron chi connectivity index (χ3n) is 4.93. The fourth-order valence-electron chi connectivity index (χ4n) is 3.26. The van der Waals surface area contributed by atoms with Crippen molar-refractivity contribution in [1.29, 1.82) is 0 Å². The van der Waals surface area contributed by atoms with E-state index in [2.05, 4.69) is 4.98 Å². The van der Waals surface area contributed by atoms with Crippen LogP contribution < -0.4 is 11.2 Å². The van der Waals surface area contributed by atoms with Gasteiger partial charge in [-0.1, -0.05) is 0 Å². The van der Waals surface area contributed by atoms with Crippen LogP contribution in [0, 0.1) is 0 Å². The Labute approximate surface area is 173 Å². The van der Waals surface area contributed by atoms with Gasteiger partial charge in [0, 0.05) is 33.2 Å². The van der Waals surface area contributed by atoms with Crippen molar-refractivity contribution >= 4 is 23.0 Å². The summed E-state index contributed by atoms with van der Waals surface area (Å²) in [7, 11) is 1.18. The van der Waals surface area contributed by atoms with E-state index in [0.717, 1.165) is 10.6 Å². The lowest BCUT2D eigenvalue weighted by Gasteiger charge is -2.34. The van der Waals surface area contributed by atoms with Crippen molar-refractivity contribution < 1.29 is 27.5 Å². The molecule has 0 spiro atoms. The molecule has 10 nitrogen and oxygen atoms in total. The molecule has 1 saturated heterocycles. The van der Waals surface area contributed by atoms with E-state index in [4.69, 9.17) is 4.74 Å². The van der Waals surface area contributed by atoms with Crippen LogP contribution in [0.4, 0.5) is 18.0 Å². The highest BCUT2D eigenvalue weighted by molar-refractivity contribution is 5.78. The monoisotopic (exact) mass is 443 g/mol. The lowest BCUT2D eigenvalue weighted by molar-refractivity contribution is -0.141. The Morgan fingerprint density at radius 3 is 2.29 bits per heavy atom. The van der Waals surface area contributed by atoms with Gasteiger partial charge < -0.3 is 14.5 Å². The van der Waals surface area contributed by atoms with Crippen LogP contribution in [0.25, 0.3) is 11.0 Å². The average Bonchev–Trinajstić information content (AvgIpc) is 2.74. The van der Waals surface area contributed by atoms with Gasteiger partial charge in [-0.2, -0.15) is 13.2 Å². The molecule has 1 aliphatic heterocycles. The predicted octanol–water partition coefficient (Wildman–Crippen LogP) is 0.415. The standard InChI is InChI=1S/C18H20F3N5O5/c1-3-31-17(30)25-8-6-24(7-9-25)13(27)10-26-15(28)11-4-5-12(18(19,20)21)22-14(11)23(2)16(26)29/h4-5H,3,6-10H2,1-2H3. The van der Waals surface area contributed by atoms with E-state index in [1.54, 1.807) is 6.92 Å². The molecule has 2 aromatic heterocycles. The minimum absolute atomic E-state index is 0.191. The SMILES string of the molecule is CCOC(=O)N1CCN(C(=O)Cn2c(=O)c3ccc(C(F)(F)F)nc3n(C)c2=O)CC1. The molecule has 0 bridgehead atoms. The summed E-state index contributed by atoms with van der Waals surface area (Å²) in [5.41, 5.74) is -3.51. The number of ether oxygens (including phenoxy) is 1. The maximum Gasteiger partial charge on any atom is 0.433 e. The summed E-state index contributed by atoms with van der Waals surface area (Å²) in [6.45, 7) is 2.18. The first kappa shape index (κ1) is 22.3. The number of nitrogens with zero attached hydrogens (tertiary/aromatic N) is 5. The molecule has 0 aliphatic carbocycles. The fourth-order valence-corrected chi connectivity index (χ4v) is 3.26. The molecule has 0 radical (unpaired) electrons. The Morgan fingerprint density at radius 2 is 1.71 bits per heavy atom. The molecular weight excluding hydrogens is 423 g/mol. The number of hydrogen-bond acceptors (Lipinski definition) is 6. The molecule has 31 heavy (non-hydrogen) atoms. The molecule has 2 aromatic rings. The second-order valence-electron chi connectivity index (χ2n) is 6.87. The highest BCUT2D eigenvalue weighted by Crippen LogP contribution is 2.28. The van der Waals surface area contributed by atoms with E-state index in [-0.39, 0.29) is 38.2 Å². The molecule has 2 amide bonds. The van der Waals surface area contributed by atoms with Crippen LogP contribution in [-0.4, -0.2) is 68.7 Å². The number of halogens is 3. The van der Waals surface area contributed by atoms with Crippen molar-refractivity contribution in [2.45, 2.75) is 19.6 Å². The zero-order valence-electron chi connectivity index (χ0n) is 16.8. The van der Waals surface area contributed by atoms with E-state index < -0.39 is 47.3 Å². The van der Waals surface area contributed by atoms with Gasteiger partial charge in [-0.3, -0.25) is 18.7 Å². The van der Waals surface area contributed by atoms with Crippen LogP contribution >= 0.6 is 0 Å². The Morgan fingerprint density at radius 1 is 1.10 bits per heavy atom. The lowest BCUT2D eigenvalue weighted by atomic mass is 10.2. The summed E-state index contributed by atoms with van der Waals surface area (Å²) in [6, 6.07) is 1.58. The number of aromatic nitrogens is 3. The maximum absolute atomic E-state index is 12.9. The van der Waals surface area contributed by atoms with Crippen LogP contribution in [0.5, 0.6) is 0 Å². The van der Waals surface area contributed by atoms with Crippen LogP contribution in [0.1, 0.15) is 12.6 Å². The highest BCUT2D eigenvalue weighted by atomic mass is 19.4. The fraction of sp³-hybridized carbons (Fsp3) is 0.500. The van der Waals surface area contributed by atoms with Gasteiger partial charge in [0.1, 0.15) is 17.9 Å². The summed E-state index contributed by atoms with van der Waals surface area (Å²) in [5.74, 6) is -0.526. The average molecular weight is 443 g/mol. The number of alkyl halides is 3. The highest BCUT2D eigenvalue weighted by Gasteiger charge is 2.33. The predicted molar refractivity (Wildman–Crippen MR) is 101 cm³/mol. The first-order valence-corrected chi connectivity index (χ1v) is 9.41. The van der Waals surface area contributed by atoms with E-state index in [0.29, 0.717) is 10.6 Å². The van der Waals surface area contributed by atoms with Gasteiger partial charge in [0.2, 0.25) is 5.91 Å². The molecule has 0 saturated carbocycles. The molecule has 0 unspecified atom stereocenters. The molecule has 13 heteroatoms. The van der Waals surface area contributed by atoms with Gasteiger partial charge >= 0.3 is 18.0 Å². The first-order valence-electron chi connectivity index (χ1n) is 9.41. The van der Waals surface area contributed by atoms with E-state index in [9.17, 15) is 32.3 Å². The zero-order valence-corrected chi connectivity index (χ0v) is 16.8. The molecule has 1 aliphatic rings. The number of fused-ring (bicyclic) bond motifs is 1. The molecule has 168 valence electrons. The number of hydrogen-bond donors (Lipinski definition) is 0. The molecule has 0 N–H and O–H groups in total. The summed E-state index contributed by atoms with van der Waals surface area (Å²) >= 11 is 0. The van der Waals surface area contributed by atoms with Crippen LogP contribution in [0.15, 0.2) is 21.7 Å². The van der Waals surface area contributed by atoms with Crippen molar-refractivity contribution in [2.24, 2.45) is 7.05 Å². The number of carbonyl (C=O) groups excluding carboxylic acids is 2. The van der Waals surface area contributed by atoms with Crippen LogP contribution in [0.2, 0.25) is 0 Å². The topological polar surface area (TPSA) is 107 Å². The summed E-state index contributed by atoms with van der Waals surface area (Å²) in [5, 5.41) is -0.213. The summed E-state index contributed by atoms with van der Waals surface area (Å²) < 4.78 is 45.1. The number of carbonyl (C=O) groups is 2. The van der Waals surface area contributed by atoms with Crippen LogP contribution in [-0.2, 0) is 29.3 Å². The van der Waals surface area contributed by atoms with Gasteiger partial charge in [-0.15, -0.1) is 0 Å². The third kappa shape index (κ3) is 4.39. The van der Waals surface area contributed by atoms with Gasteiger partial charge in [0.15, 0.2) is 0 Å². The molecule has 0 aromatic carbocycles. The normalized spacial score (nSPS) is 14.7. The molecule has 3 heterocycles. The summed E-state index contributed by atoms with van der Waals surface area (Å²) in [6.07, 6.45) is -5.22. The lowest BCUT2D eigenvalue weighted by Crippen LogP contribution is -2.52. The quantitative estimate of drug-likeness (QED) is 0.681. The van der Waals surface area contributed by atoms with Crippen molar-refractivity contribution in [2.75, 3.05) is 32.8 Å². The minimum atomic E-state index is -4.74. The molecule has 3 rings (SSSR count). The molecular formula is C18H20F3N5O5. The Bertz CT molecular complexity index is 1130. The van der Waals surface area contributed by atoms with Crippen molar-refractivity contribution in [3.05, 3.63) is 38.7 Å². The first-order chi connectivity index (χ1) is 14.5. The van der Waals surface area contributed by atoms with Gasteiger partial charge in [-0.05, 0) is 19.1 Å². The van der Waals surface area contributed by atoms with E-state index >= 15 is 0 Å². The maximum atomic E-state index is 12.9. The molecule has 1 fully saturated rings. The number of aryl methyl sites for hydroxylation is 1. The minimum Gasteiger partial charge on any atom is -0.450 e. The van der Waals surface area contributed by atoms with Crippen molar-refractivity contribution in [1.82, 2.24) is 23.9 Å². The second kappa shape index (κ2) is 8.40. The Kier molecular flexibility index (Phi) is 6.04. The summed E-state index contributed by atoms with van der Waals surface area (Å²) in [4.78, 5) is 55.8. The van der Waals surface area contributed by atoms with Gasteiger partial charge in [0.25, 0.3) is 5.56 Å².